The van der Waals surface area contributed by atoms with E-state index in [1.807, 2.05) is 17.8 Å². The lowest BCUT2D eigenvalue weighted by molar-refractivity contribution is -0.382. The van der Waals surface area contributed by atoms with E-state index in [1.165, 1.54) is 25.0 Å². The highest BCUT2D eigenvalue weighted by molar-refractivity contribution is 7.99. The Labute approximate surface area is 127 Å². The average Bonchev–Trinajstić information content (AvgIpc) is 2.53. The van der Waals surface area contributed by atoms with Crippen LogP contribution >= 0.6 is 11.8 Å². The van der Waals surface area contributed by atoms with Crippen molar-refractivity contribution >= 4 is 34.0 Å². The molecule has 1 aliphatic rings. The predicted octanol–water partition coefficient (Wildman–Crippen LogP) is 3.84. The molecule has 1 saturated heterocycles. The first-order valence-electron chi connectivity index (χ1n) is 7.13. The molecule has 0 amide bonds. The van der Waals surface area contributed by atoms with Crippen LogP contribution in [-0.4, -0.2) is 27.5 Å². The molecule has 6 heteroatoms. The van der Waals surface area contributed by atoms with Crippen LogP contribution in [0.15, 0.2) is 30.5 Å². The average molecular weight is 303 g/mol. The molecule has 1 fully saturated rings. The molecule has 110 valence electrons. The van der Waals surface area contributed by atoms with Crippen molar-refractivity contribution in [1.82, 2.24) is 4.98 Å². The summed E-state index contributed by atoms with van der Waals surface area (Å²) in [4.78, 5) is 15.3. The Balaban J connectivity index is 1.87. The molecule has 1 aromatic carbocycles. The Bertz CT molecular complexity index is 656. The molecule has 0 aliphatic carbocycles. The smallest absolute Gasteiger partial charge is 0.301 e. The van der Waals surface area contributed by atoms with Gasteiger partial charge >= 0.3 is 5.69 Å². The summed E-state index contributed by atoms with van der Waals surface area (Å²) in [5.74, 6) is 1.19. The molecule has 1 N–H and O–H groups in total. The lowest BCUT2D eigenvalue weighted by atomic mass is 10.1. The van der Waals surface area contributed by atoms with Gasteiger partial charge in [-0.25, -0.2) is 0 Å². The lowest BCUT2D eigenvalue weighted by Gasteiger charge is -2.22. The number of nitrogens with zero attached hydrogens (tertiary/aromatic N) is 2. The second kappa shape index (κ2) is 6.30. The van der Waals surface area contributed by atoms with Crippen LogP contribution in [0.25, 0.3) is 10.9 Å². The fraction of sp³-hybridized carbons (Fsp3) is 0.400. The Hall–Kier alpha value is -1.82. The van der Waals surface area contributed by atoms with Gasteiger partial charge in [0.05, 0.1) is 15.8 Å². The van der Waals surface area contributed by atoms with Gasteiger partial charge in [-0.1, -0.05) is 6.42 Å². The molecule has 21 heavy (non-hydrogen) atoms. The van der Waals surface area contributed by atoms with E-state index in [0.717, 1.165) is 6.54 Å². The summed E-state index contributed by atoms with van der Waals surface area (Å²) < 4.78 is 0. The topological polar surface area (TPSA) is 68.1 Å². The van der Waals surface area contributed by atoms with E-state index in [1.54, 1.807) is 24.4 Å². The molecule has 3 rings (SSSR count). The monoisotopic (exact) mass is 303 g/mol. The van der Waals surface area contributed by atoms with Gasteiger partial charge in [-0.2, -0.15) is 11.8 Å². The van der Waals surface area contributed by atoms with Crippen molar-refractivity contribution in [1.29, 1.82) is 0 Å². The number of fused-ring (bicyclic) bond motifs is 1. The van der Waals surface area contributed by atoms with Crippen molar-refractivity contribution in [2.24, 2.45) is 0 Å². The summed E-state index contributed by atoms with van der Waals surface area (Å²) in [7, 11) is 0. The minimum absolute atomic E-state index is 0.126. The maximum Gasteiger partial charge on any atom is 0.301 e. The summed E-state index contributed by atoms with van der Waals surface area (Å²) in [6.07, 6.45) is 5.37. The molecule has 2 aromatic rings. The van der Waals surface area contributed by atoms with Gasteiger partial charge in [-0.15, -0.1) is 0 Å². The quantitative estimate of drug-likeness (QED) is 0.686. The number of nitro groups is 1. The molecule has 5 nitrogen and oxygen atoms in total. The van der Waals surface area contributed by atoms with E-state index in [-0.39, 0.29) is 10.6 Å². The summed E-state index contributed by atoms with van der Waals surface area (Å²) in [6, 6.07) is 7.08. The molecular formula is C15H17N3O2S. The maximum absolute atomic E-state index is 11.4. The summed E-state index contributed by atoms with van der Waals surface area (Å²) >= 11 is 1.96. The molecule has 1 aliphatic heterocycles. The van der Waals surface area contributed by atoms with Crippen molar-refractivity contribution in [2.75, 3.05) is 17.6 Å². The van der Waals surface area contributed by atoms with Crippen LogP contribution < -0.4 is 5.32 Å². The van der Waals surface area contributed by atoms with Crippen molar-refractivity contribution in [2.45, 2.75) is 24.5 Å². The second-order valence-electron chi connectivity index (χ2n) is 5.16. The van der Waals surface area contributed by atoms with E-state index in [9.17, 15) is 10.1 Å². The van der Waals surface area contributed by atoms with Gasteiger partial charge in [-0.05, 0) is 42.9 Å². The minimum Gasteiger partial charge on any atom is -0.378 e. The first kappa shape index (κ1) is 14.1. The molecule has 1 unspecified atom stereocenters. The molecule has 1 aromatic heterocycles. The second-order valence-corrected chi connectivity index (χ2v) is 6.57. The first-order chi connectivity index (χ1) is 10.3. The molecule has 2 heterocycles. The highest BCUT2D eigenvalue weighted by atomic mass is 32.2. The minimum atomic E-state index is -0.319. The van der Waals surface area contributed by atoms with Crippen molar-refractivity contribution in [3.05, 3.63) is 40.6 Å². The number of aromatic nitrogens is 1. The summed E-state index contributed by atoms with van der Waals surface area (Å²) in [5.41, 5.74) is 1.37. The molecule has 0 saturated carbocycles. The number of hydrogen-bond donors (Lipinski definition) is 1. The number of thioether (sulfide) groups is 1. The zero-order chi connectivity index (χ0) is 14.7. The zero-order valence-electron chi connectivity index (χ0n) is 11.6. The van der Waals surface area contributed by atoms with Crippen molar-refractivity contribution in [3.63, 3.8) is 0 Å². The van der Waals surface area contributed by atoms with E-state index in [4.69, 9.17) is 0 Å². The Morgan fingerprint density at radius 2 is 2.29 bits per heavy atom. The van der Waals surface area contributed by atoms with Gasteiger partial charge in [-0.3, -0.25) is 15.1 Å². The van der Waals surface area contributed by atoms with Gasteiger partial charge in [0.15, 0.2) is 0 Å². The molecule has 1 atom stereocenters. The van der Waals surface area contributed by atoms with Crippen molar-refractivity contribution < 1.29 is 4.92 Å². The number of nitro benzene ring substituents is 1. The van der Waals surface area contributed by atoms with Gasteiger partial charge in [0.2, 0.25) is 0 Å². The predicted molar refractivity (Wildman–Crippen MR) is 87.0 cm³/mol. The number of rotatable bonds is 4. The Kier molecular flexibility index (Phi) is 4.24. The number of nitrogens with one attached hydrogen (secondary N) is 1. The number of pyridine rings is 1. The van der Waals surface area contributed by atoms with Crippen molar-refractivity contribution in [3.8, 4) is 0 Å². The summed E-state index contributed by atoms with van der Waals surface area (Å²) in [6.45, 7) is 0.775. The van der Waals surface area contributed by atoms with Gasteiger partial charge in [0, 0.05) is 18.0 Å². The maximum atomic E-state index is 11.4. The van der Waals surface area contributed by atoms with Crippen LogP contribution in [0.1, 0.15) is 19.3 Å². The first-order valence-corrected chi connectivity index (χ1v) is 8.18. The molecule has 0 spiro atoms. The van der Waals surface area contributed by atoms with Gasteiger partial charge in [0.1, 0.15) is 5.69 Å². The number of anilines is 1. The van der Waals surface area contributed by atoms with Crippen LogP contribution in [0, 0.1) is 10.1 Å². The number of benzene rings is 1. The van der Waals surface area contributed by atoms with Gasteiger partial charge in [0.25, 0.3) is 0 Å². The van der Waals surface area contributed by atoms with E-state index in [2.05, 4.69) is 10.3 Å². The third kappa shape index (κ3) is 3.10. The van der Waals surface area contributed by atoms with Crippen LogP contribution in [0.2, 0.25) is 0 Å². The van der Waals surface area contributed by atoms with E-state index < -0.39 is 0 Å². The standard InChI is InChI=1S/C15H17N3O2S/c19-18(20)15-12-5-3-8-16-13(12)6-7-14(15)17-10-11-4-1-2-9-21-11/h3,5-8,11,17H,1-2,4,9-10H2. The van der Waals surface area contributed by atoms with Gasteiger partial charge < -0.3 is 5.32 Å². The third-order valence-electron chi connectivity index (χ3n) is 3.73. The zero-order valence-corrected chi connectivity index (χ0v) is 12.4. The fourth-order valence-corrected chi connectivity index (χ4v) is 3.91. The van der Waals surface area contributed by atoms with Crippen LogP contribution in [-0.2, 0) is 0 Å². The lowest BCUT2D eigenvalue weighted by Crippen LogP contribution is -2.20. The Morgan fingerprint density at radius 3 is 3.05 bits per heavy atom. The fourth-order valence-electron chi connectivity index (χ4n) is 2.67. The largest absolute Gasteiger partial charge is 0.378 e. The SMILES string of the molecule is O=[N+]([O-])c1c(NCC2CCCCS2)ccc2ncccc12. The van der Waals surface area contributed by atoms with E-state index >= 15 is 0 Å². The third-order valence-corrected chi connectivity index (χ3v) is 5.13. The van der Waals surface area contributed by atoms with Crippen LogP contribution in [0.4, 0.5) is 11.4 Å². The summed E-state index contributed by atoms with van der Waals surface area (Å²) in [5, 5.41) is 15.8. The van der Waals surface area contributed by atoms with Crippen LogP contribution in [0.3, 0.4) is 0 Å². The number of hydrogen-bond acceptors (Lipinski definition) is 5. The molecule has 0 bridgehead atoms. The van der Waals surface area contributed by atoms with Crippen LogP contribution in [0.5, 0.6) is 0 Å². The molecule has 0 radical (unpaired) electrons. The highest BCUT2D eigenvalue weighted by Crippen LogP contribution is 2.33. The Morgan fingerprint density at radius 1 is 1.38 bits per heavy atom. The highest BCUT2D eigenvalue weighted by Gasteiger charge is 2.20. The normalized spacial score (nSPS) is 18.6. The van der Waals surface area contributed by atoms with E-state index in [0.29, 0.717) is 21.8 Å². The molecular weight excluding hydrogens is 286 g/mol.